The Morgan fingerprint density at radius 3 is 2.71 bits per heavy atom. The Morgan fingerprint density at radius 1 is 1.32 bits per heavy atom. The Balaban J connectivity index is 1.55. The van der Waals surface area contributed by atoms with Crippen molar-refractivity contribution in [3.05, 3.63) is 58.6 Å². The minimum absolute atomic E-state index is 0.0304. The van der Waals surface area contributed by atoms with Crippen LogP contribution in [-0.4, -0.2) is 30.5 Å². The molecule has 0 spiro atoms. The number of amides is 1. The molecule has 0 radical (unpaired) electrons. The molecule has 0 aromatic heterocycles. The van der Waals surface area contributed by atoms with Crippen molar-refractivity contribution in [1.82, 2.24) is 5.32 Å². The number of halogens is 1. The third kappa shape index (κ3) is 4.57. The molecule has 0 fully saturated rings. The first-order valence-electron chi connectivity index (χ1n) is 9.10. The summed E-state index contributed by atoms with van der Waals surface area (Å²) in [5.74, 6) is 1.38. The van der Waals surface area contributed by atoms with Crippen molar-refractivity contribution in [3.8, 4) is 11.5 Å². The van der Waals surface area contributed by atoms with Crippen molar-refractivity contribution in [1.29, 1.82) is 5.41 Å². The van der Waals surface area contributed by atoms with Crippen LogP contribution in [0.15, 0.2) is 42.5 Å². The number of carbonyl (C=O) groups excluding carboxylic acids is 1. The van der Waals surface area contributed by atoms with E-state index in [1.165, 1.54) is 0 Å². The highest BCUT2D eigenvalue weighted by molar-refractivity contribution is 6.30. The number of carbonyl (C=O) groups is 1. The lowest BCUT2D eigenvalue weighted by Crippen LogP contribution is -2.47. The van der Waals surface area contributed by atoms with Crippen LogP contribution in [0.25, 0.3) is 0 Å². The molecule has 7 heteroatoms. The summed E-state index contributed by atoms with van der Waals surface area (Å²) in [5.41, 5.74) is 6.27. The number of nitrogen functional groups attached to an aromatic ring is 1. The summed E-state index contributed by atoms with van der Waals surface area (Å²) in [7, 11) is 0. The van der Waals surface area contributed by atoms with Crippen molar-refractivity contribution in [2.24, 2.45) is 5.73 Å². The maximum absolute atomic E-state index is 12.6. The Kier molecular flexibility index (Phi) is 5.79. The second-order valence-corrected chi connectivity index (χ2v) is 7.72. The molecular formula is C21H24ClN3O3. The third-order valence-corrected chi connectivity index (χ3v) is 4.96. The number of ether oxygens (including phenoxy) is 2. The summed E-state index contributed by atoms with van der Waals surface area (Å²) >= 11 is 5.88. The van der Waals surface area contributed by atoms with E-state index in [0.29, 0.717) is 29.5 Å². The van der Waals surface area contributed by atoms with E-state index in [2.05, 4.69) is 5.32 Å². The van der Waals surface area contributed by atoms with E-state index >= 15 is 0 Å². The zero-order valence-electron chi connectivity index (χ0n) is 15.9. The average Bonchev–Trinajstić information content (AvgIpc) is 3.05. The van der Waals surface area contributed by atoms with Gasteiger partial charge in [0, 0.05) is 28.6 Å². The van der Waals surface area contributed by atoms with Crippen molar-refractivity contribution in [3.63, 3.8) is 0 Å². The van der Waals surface area contributed by atoms with Crippen LogP contribution in [0.4, 0.5) is 0 Å². The molecule has 148 valence electrons. The molecule has 6 nitrogen and oxygen atoms in total. The standard InChI is InChI=1S/C21H24ClN3O3/c1-21(2,28-16-6-4-15(22)5-7-16)20(26)25-10-9-14-12-27-18-8-3-13(19(23)24)11-17(14)18/h3-8,11,14H,9-10,12H2,1-2H3,(H3,23,24)(H,25,26). The molecule has 28 heavy (non-hydrogen) atoms. The van der Waals surface area contributed by atoms with Gasteiger partial charge < -0.3 is 20.5 Å². The Hall–Kier alpha value is -2.73. The van der Waals surface area contributed by atoms with Gasteiger partial charge in [-0.1, -0.05) is 11.6 Å². The number of nitrogens with one attached hydrogen (secondary N) is 2. The number of rotatable bonds is 7. The van der Waals surface area contributed by atoms with E-state index < -0.39 is 5.60 Å². The topological polar surface area (TPSA) is 97.4 Å². The minimum atomic E-state index is -1.01. The molecule has 0 aliphatic carbocycles. The van der Waals surface area contributed by atoms with Crippen LogP contribution in [0.2, 0.25) is 5.02 Å². The van der Waals surface area contributed by atoms with Crippen LogP contribution in [0, 0.1) is 5.41 Å². The first-order chi connectivity index (χ1) is 13.3. The van der Waals surface area contributed by atoms with E-state index in [-0.39, 0.29) is 17.7 Å². The molecule has 1 aliphatic rings. The number of benzene rings is 2. The summed E-state index contributed by atoms with van der Waals surface area (Å²) in [4.78, 5) is 12.6. The lowest BCUT2D eigenvalue weighted by Gasteiger charge is -2.25. The van der Waals surface area contributed by atoms with Crippen LogP contribution in [0.1, 0.15) is 37.3 Å². The lowest BCUT2D eigenvalue weighted by atomic mass is 9.95. The lowest BCUT2D eigenvalue weighted by molar-refractivity contribution is -0.134. The summed E-state index contributed by atoms with van der Waals surface area (Å²) in [6, 6.07) is 12.4. The molecule has 1 heterocycles. The third-order valence-electron chi connectivity index (χ3n) is 4.71. The van der Waals surface area contributed by atoms with Gasteiger partial charge in [-0.05, 0) is 62.7 Å². The highest BCUT2D eigenvalue weighted by Crippen LogP contribution is 2.36. The van der Waals surface area contributed by atoms with Crippen molar-refractivity contribution in [2.75, 3.05) is 13.2 Å². The Labute approximate surface area is 169 Å². The molecule has 2 aromatic carbocycles. The molecule has 1 amide bonds. The fourth-order valence-corrected chi connectivity index (χ4v) is 3.23. The number of hydrogen-bond acceptors (Lipinski definition) is 4. The fraction of sp³-hybridized carbons (Fsp3) is 0.333. The highest BCUT2D eigenvalue weighted by atomic mass is 35.5. The van der Waals surface area contributed by atoms with E-state index in [1.54, 1.807) is 44.2 Å². The molecule has 1 unspecified atom stereocenters. The van der Waals surface area contributed by atoms with Gasteiger partial charge in [-0.15, -0.1) is 0 Å². The van der Waals surface area contributed by atoms with Gasteiger partial charge >= 0.3 is 0 Å². The van der Waals surface area contributed by atoms with E-state index in [0.717, 1.165) is 17.7 Å². The van der Waals surface area contributed by atoms with Crippen molar-refractivity contribution in [2.45, 2.75) is 31.8 Å². The summed E-state index contributed by atoms with van der Waals surface area (Å²) < 4.78 is 11.5. The molecule has 1 atom stereocenters. The molecule has 0 bridgehead atoms. The van der Waals surface area contributed by atoms with Gasteiger partial charge in [0.2, 0.25) is 0 Å². The van der Waals surface area contributed by atoms with Crippen molar-refractivity contribution >= 4 is 23.3 Å². The largest absolute Gasteiger partial charge is 0.493 e. The van der Waals surface area contributed by atoms with Crippen LogP contribution in [0.5, 0.6) is 11.5 Å². The smallest absolute Gasteiger partial charge is 0.263 e. The van der Waals surface area contributed by atoms with Crippen LogP contribution < -0.4 is 20.5 Å². The average molecular weight is 402 g/mol. The quantitative estimate of drug-likeness (QED) is 0.488. The zero-order valence-corrected chi connectivity index (χ0v) is 16.7. The molecule has 3 rings (SSSR count). The van der Waals surface area contributed by atoms with Crippen LogP contribution in [0.3, 0.4) is 0 Å². The van der Waals surface area contributed by atoms with Gasteiger partial charge in [-0.3, -0.25) is 10.2 Å². The van der Waals surface area contributed by atoms with Crippen molar-refractivity contribution < 1.29 is 14.3 Å². The maximum Gasteiger partial charge on any atom is 0.263 e. The van der Waals surface area contributed by atoms with Gasteiger partial charge in [0.05, 0.1) is 6.61 Å². The normalized spacial score (nSPS) is 15.5. The molecule has 4 N–H and O–H groups in total. The highest BCUT2D eigenvalue weighted by Gasteiger charge is 2.30. The van der Waals surface area contributed by atoms with E-state index in [4.69, 9.17) is 32.2 Å². The van der Waals surface area contributed by atoms with E-state index in [1.807, 2.05) is 12.1 Å². The molecule has 1 aliphatic heterocycles. The SMILES string of the molecule is CC(C)(Oc1ccc(Cl)cc1)C(=O)NCCC1COc2ccc(C(=N)N)cc21. The van der Waals surface area contributed by atoms with Gasteiger partial charge in [0.25, 0.3) is 5.91 Å². The summed E-state index contributed by atoms with van der Waals surface area (Å²) in [6.07, 6.45) is 0.719. The Morgan fingerprint density at radius 2 is 2.04 bits per heavy atom. The maximum atomic E-state index is 12.6. The first-order valence-corrected chi connectivity index (χ1v) is 9.48. The summed E-state index contributed by atoms with van der Waals surface area (Å²) in [5, 5.41) is 11.1. The molecule has 0 saturated carbocycles. The predicted molar refractivity (Wildman–Crippen MR) is 109 cm³/mol. The van der Waals surface area contributed by atoms with E-state index in [9.17, 15) is 4.79 Å². The molecular weight excluding hydrogens is 378 g/mol. The monoisotopic (exact) mass is 401 g/mol. The number of amidine groups is 1. The molecule has 2 aromatic rings. The van der Waals surface area contributed by atoms with Crippen LogP contribution >= 0.6 is 11.6 Å². The number of fused-ring (bicyclic) bond motifs is 1. The first kappa shape index (κ1) is 20.0. The number of hydrogen-bond donors (Lipinski definition) is 3. The molecule has 0 saturated heterocycles. The van der Waals surface area contributed by atoms with Gasteiger partial charge in [0.1, 0.15) is 17.3 Å². The van der Waals surface area contributed by atoms with Gasteiger partial charge in [-0.2, -0.15) is 0 Å². The second kappa shape index (κ2) is 8.10. The van der Waals surface area contributed by atoms with Gasteiger partial charge in [0.15, 0.2) is 5.60 Å². The number of nitrogens with two attached hydrogens (primary N) is 1. The second-order valence-electron chi connectivity index (χ2n) is 7.29. The van der Waals surface area contributed by atoms with Crippen LogP contribution in [-0.2, 0) is 4.79 Å². The predicted octanol–water partition coefficient (Wildman–Crippen LogP) is 3.46. The minimum Gasteiger partial charge on any atom is -0.493 e. The zero-order chi connectivity index (χ0) is 20.3. The van der Waals surface area contributed by atoms with Gasteiger partial charge in [-0.25, -0.2) is 0 Å². The summed E-state index contributed by atoms with van der Waals surface area (Å²) in [6.45, 7) is 4.50. The Bertz CT molecular complexity index is 881. The fourth-order valence-electron chi connectivity index (χ4n) is 3.10.